The van der Waals surface area contributed by atoms with E-state index >= 15 is 0 Å². The Morgan fingerprint density at radius 3 is 2.61 bits per heavy atom. The first kappa shape index (κ1) is 12.8. The molecule has 4 N–H and O–H groups in total. The van der Waals surface area contributed by atoms with Crippen LogP contribution in [0.3, 0.4) is 0 Å². The quantitative estimate of drug-likeness (QED) is 0.327. The van der Waals surface area contributed by atoms with Gasteiger partial charge in [-0.1, -0.05) is 31.4 Å². The molecule has 1 aromatic rings. The molecule has 0 saturated heterocycles. The van der Waals surface area contributed by atoms with Gasteiger partial charge in [0.25, 0.3) is 0 Å². The van der Waals surface area contributed by atoms with Crippen LogP contribution in [0.5, 0.6) is 0 Å². The Kier molecular flexibility index (Phi) is 4.52. The fraction of sp³-hybridized carbons (Fsp3) is 0.462. The van der Waals surface area contributed by atoms with Gasteiger partial charge in [0, 0.05) is 0 Å². The Morgan fingerprint density at radius 2 is 1.94 bits per heavy atom. The number of para-hydroxylation sites is 1. The molecule has 1 aromatic carbocycles. The topological polar surface area (TPSA) is 62.4 Å². The molecule has 1 fully saturated rings. The van der Waals surface area contributed by atoms with E-state index in [9.17, 15) is 4.39 Å². The van der Waals surface area contributed by atoms with Crippen molar-refractivity contribution in [3.63, 3.8) is 0 Å². The lowest BCUT2D eigenvalue weighted by atomic mass is 9.96. The number of benzene rings is 1. The van der Waals surface area contributed by atoms with Gasteiger partial charge in [-0.3, -0.25) is 5.43 Å². The van der Waals surface area contributed by atoms with Crippen LogP contribution in [0.15, 0.2) is 29.3 Å². The number of hydrazine groups is 1. The molecule has 0 atom stereocenters. The van der Waals surface area contributed by atoms with Crippen LogP contribution in [0.4, 0.5) is 10.1 Å². The van der Waals surface area contributed by atoms with Gasteiger partial charge < -0.3 is 5.32 Å². The molecule has 0 heterocycles. The second-order valence-corrected chi connectivity index (χ2v) is 4.52. The van der Waals surface area contributed by atoms with Gasteiger partial charge in [-0.15, -0.1) is 0 Å². The van der Waals surface area contributed by atoms with E-state index in [0.29, 0.717) is 11.6 Å². The average Bonchev–Trinajstić information content (AvgIpc) is 2.41. The monoisotopic (exact) mass is 250 g/mol. The van der Waals surface area contributed by atoms with Crippen molar-refractivity contribution >= 4 is 11.6 Å². The highest BCUT2D eigenvalue weighted by Crippen LogP contribution is 2.20. The first-order valence-electron chi connectivity index (χ1n) is 6.35. The minimum Gasteiger partial charge on any atom is -0.323 e. The summed E-state index contributed by atoms with van der Waals surface area (Å²) < 4.78 is 13.5. The van der Waals surface area contributed by atoms with E-state index in [1.165, 1.54) is 25.3 Å². The van der Waals surface area contributed by atoms with Crippen LogP contribution in [0.1, 0.15) is 32.1 Å². The minimum absolute atomic E-state index is 0.282. The summed E-state index contributed by atoms with van der Waals surface area (Å²) in [6, 6.07) is 6.75. The number of nitrogens with one attached hydrogen (secondary N) is 2. The molecule has 5 heteroatoms. The number of nitrogens with two attached hydrogens (primary N) is 1. The molecule has 0 spiro atoms. The molecule has 1 aliphatic carbocycles. The molecular weight excluding hydrogens is 231 g/mol. The summed E-state index contributed by atoms with van der Waals surface area (Å²) >= 11 is 0. The molecule has 0 radical (unpaired) electrons. The van der Waals surface area contributed by atoms with Crippen LogP contribution < -0.4 is 16.6 Å². The molecular formula is C13H19FN4. The summed E-state index contributed by atoms with van der Waals surface area (Å²) in [5.74, 6) is 5.53. The van der Waals surface area contributed by atoms with Gasteiger partial charge in [-0.05, 0) is 25.0 Å². The second kappa shape index (κ2) is 6.35. The lowest BCUT2D eigenvalue weighted by molar-refractivity contribution is 0.442. The number of guanidine groups is 1. The number of rotatable bonds is 2. The van der Waals surface area contributed by atoms with Gasteiger partial charge in [-0.2, -0.15) is 0 Å². The second-order valence-electron chi connectivity index (χ2n) is 4.52. The Hall–Kier alpha value is -1.62. The highest BCUT2D eigenvalue weighted by atomic mass is 19.1. The largest absolute Gasteiger partial charge is 0.323 e. The van der Waals surface area contributed by atoms with Crippen molar-refractivity contribution in [2.75, 3.05) is 5.32 Å². The number of nitrogens with zero attached hydrogens (tertiary/aromatic N) is 1. The van der Waals surface area contributed by atoms with E-state index in [1.807, 2.05) is 0 Å². The van der Waals surface area contributed by atoms with Crippen LogP contribution >= 0.6 is 0 Å². The molecule has 98 valence electrons. The maximum Gasteiger partial charge on any atom is 0.210 e. The average molecular weight is 250 g/mol. The van der Waals surface area contributed by atoms with Crippen molar-refractivity contribution in [1.82, 2.24) is 5.43 Å². The zero-order valence-corrected chi connectivity index (χ0v) is 10.3. The Bertz CT molecular complexity index is 413. The number of hydrogen-bond donors (Lipinski definition) is 3. The van der Waals surface area contributed by atoms with E-state index in [0.717, 1.165) is 12.8 Å². The Balaban J connectivity index is 2.04. The molecule has 0 aromatic heterocycles. The number of halogens is 1. The van der Waals surface area contributed by atoms with E-state index in [4.69, 9.17) is 5.84 Å². The van der Waals surface area contributed by atoms with E-state index in [-0.39, 0.29) is 11.9 Å². The first-order chi connectivity index (χ1) is 8.79. The third-order valence-electron chi connectivity index (χ3n) is 3.15. The summed E-state index contributed by atoms with van der Waals surface area (Å²) in [7, 11) is 0. The predicted octanol–water partition coefficient (Wildman–Crippen LogP) is 2.39. The Morgan fingerprint density at radius 1 is 1.22 bits per heavy atom. The van der Waals surface area contributed by atoms with E-state index < -0.39 is 0 Å². The first-order valence-corrected chi connectivity index (χ1v) is 6.35. The molecule has 4 nitrogen and oxygen atoms in total. The van der Waals surface area contributed by atoms with Gasteiger partial charge in [0.2, 0.25) is 5.96 Å². The summed E-state index contributed by atoms with van der Waals surface area (Å²) in [5.41, 5.74) is 2.88. The van der Waals surface area contributed by atoms with Gasteiger partial charge in [0.1, 0.15) is 5.82 Å². The number of aliphatic imine (C=N–C) groups is 1. The van der Waals surface area contributed by atoms with Crippen molar-refractivity contribution < 1.29 is 4.39 Å². The molecule has 0 amide bonds. The van der Waals surface area contributed by atoms with E-state index in [2.05, 4.69) is 15.7 Å². The van der Waals surface area contributed by atoms with Crippen molar-refractivity contribution in [3.8, 4) is 0 Å². The molecule has 0 bridgehead atoms. The molecule has 2 rings (SSSR count). The van der Waals surface area contributed by atoms with Gasteiger partial charge >= 0.3 is 0 Å². The molecule has 0 aliphatic heterocycles. The lowest BCUT2D eigenvalue weighted by Gasteiger charge is -2.19. The summed E-state index contributed by atoms with van der Waals surface area (Å²) in [6.45, 7) is 0. The highest BCUT2D eigenvalue weighted by molar-refractivity contribution is 5.93. The lowest BCUT2D eigenvalue weighted by Crippen LogP contribution is -2.37. The van der Waals surface area contributed by atoms with Crippen LogP contribution in [-0.2, 0) is 0 Å². The highest BCUT2D eigenvalue weighted by Gasteiger charge is 2.13. The maximum atomic E-state index is 13.5. The van der Waals surface area contributed by atoms with Crippen LogP contribution in [-0.4, -0.2) is 12.0 Å². The number of hydrogen-bond acceptors (Lipinski definition) is 2. The van der Waals surface area contributed by atoms with Crippen LogP contribution in [0, 0.1) is 5.82 Å². The normalized spacial score (nSPS) is 17.6. The van der Waals surface area contributed by atoms with Crippen LogP contribution in [0.25, 0.3) is 0 Å². The molecule has 1 saturated carbocycles. The van der Waals surface area contributed by atoms with Crippen molar-refractivity contribution in [2.24, 2.45) is 10.8 Å². The third-order valence-corrected chi connectivity index (χ3v) is 3.15. The zero-order chi connectivity index (χ0) is 12.8. The van der Waals surface area contributed by atoms with Crippen LogP contribution in [0.2, 0.25) is 0 Å². The smallest absolute Gasteiger partial charge is 0.210 e. The van der Waals surface area contributed by atoms with Gasteiger partial charge in [0.05, 0.1) is 11.7 Å². The molecule has 0 unspecified atom stereocenters. The van der Waals surface area contributed by atoms with Gasteiger partial charge in [-0.25, -0.2) is 15.2 Å². The van der Waals surface area contributed by atoms with Crippen molar-refractivity contribution in [1.29, 1.82) is 0 Å². The van der Waals surface area contributed by atoms with Gasteiger partial charge in [0.15, 0.2) is 0 Å². The SMILES string of the molecule is NNC(=NC1CCCCC1)Nc1ccccc1F. The van der Waals surface area contributed by atoms with Crippen molar-refractivity contribution in [2.45, 2.75) is 38.1 Å². The van der Waals surface area contributed by atoms with E-state index in [1.54, 1.807) is 18.2 Å². The number of anilines is 1. The summed E-state index contributed by atoms with van der Waals surface area (Å²) in [4.78, 5) is 4.49. The van der Waals surface area contributed by atoms with Crippen molar-refractivity contribution in [3.05, 3.63) is 30.1 Å². The molecule has 1 aliphatic rings. The fourth-order valence-electron chi connectivity index (χ4n) is 2.19. The zero-order valence-electron chi connectivity index (χ0n) is 10.3. The fourth-order valence-corrected chi connectivity index (χ4v) is 2.19. The third kappa shape index (κ3) is 3.43. The predicted molar refractivity (Wildman–Crippen MR) is 71.7 cm³/mol. The standard InChI is InChI=1S/C13H19FN4/c14-11-8-4-5-9-12(11)17-13(18-15)16-10-6-2-1-3-7-10/h4-5,8-10H,1-3,6-7,15H2,(H2,16,17,18). The summed E-state index contributed by atoms with van der Waals surface area (Å²) in [6.07, 6.45) is 5.82. The molecule has 18 heavy (non-hydrogen) atoms. The maximum absolute atomic E-state index is 13.5. The Labute approximate surface area is 106 Å². The summed E-state index contributed by atoms with van der Waals surface area (Å²) in [5, 5.41) is 2.88. The minimum atomic E-state index is -0.316.